The number of rotatable bonds is 2. The van der Waals surface area contributed by atoms with E-state index >= 15 is 0 Å². The molecule has 4 nitrogen and oxygen atoms in total. The number of nitrogens with zero attached hydrogens (tertiary/aromatic N) is 1. The highest BCUT2D eigenvalue weighted by atomic mass is 32.2. The summed E-state index contributed by atoms with van der Waals surface area (Å²) < 4.78 is 53.2. The van der Waals surface area contributed by atoms with Crippen molar-refractivity contribution in [2.75, 3.05) is 18.8 Å². The van der Waals surface area contributed by atoms with E-state index < -0.39 is 26.6 Å². The Morgan fingerprint density at radius 1 is 1.25 bits per heavy atom. The first-order valence-electron chi connectivity index (χ1n) is 6.12. The highest BCUT2D eigenvalue weighted by Gasteiger charge is 2.34. The van der Waals surface area contributed by atoms with Gasteiger partial charge in [0.2, 0.25) is 10.0 Å². The minimum atomic E-state index is -4.08. The Morgan fingerprint density at radius 2 is 1.80 bits per heavy atom. The van der Waals surface area contributed by atoms with Gasteiger partial charge in [0.05, 0.1) is 0 Å². The molecule has 112 valence electrons. The molecule has 2 rings (SSSR count). The fourth-order valence-electron chi connectivity index (χ4n) is 2.24. The zero-order valence-electron chi connectivity index (χ0n) is 11.1. The predicted octanol–water partition coefficient (Wildman–Crippen LogP) is 2.06. The molecule has 1 saturated heterocycles. The van der Waals surface area contributed by atoms with Gasteiger partial charge < -0.3 is 5.73 Å². The van der Waals surface area contributed by atoms with Crippen LogP contribution in [0.25, 0.3) is 0 Å². The molecule has 1 aromatic rings. The van der Waals surface area contributed by atoms with Gasteiger partial charge in [0.25, 0.3) is 0 Å². The lowest BCUT2D eigenvalue weighted by molar-refractivity contribution is 0.398. The first-order chi connectivity index (χ1) is 9.21. The highest BCUT2D eigenvalue weighted by Crippen LogP contribution is 2.31. The van der Waals surface area contributed by atoms with Crippen molar-refractivity contribution in [2.24, 2.45) is 0 Å². The number of sulfonamides is 1. The summed E-state index contributed by atoms with van der Waals surface area (Å²) in [7, 11) is -4.08. The van der Waals surface area contributed by atoms with Gasteiger partial charge in [0, 0.05) is 29.3 Å². The van der Waals surface area contributed by atoms with Crippen LogP contribution in [-0.4, -0.2) is 36.3 Å². The molecule has 0 aromatic heterocycles. The number of benzene rings is 1. The molecule has 2 unspecified atom stereocenters. The average Bonchev–Trinajstić information content (AvgIpc) is 2.32. The van der Waals surface area contributed by atoms with E-state index in [1.54, 1.807) is 11.8 Å². The van der Waals surface area contributed by atoms with Gasteiger partial charge in [0.1, 0.15) is 4.90 Å². The van der Waals surface area contributed by atoms with E-state index in [4.69, 9.17) is 5.73 Å². The molecule has 20 heavy (non-hydrogen) atoms. The molecule has 0 radical (unpaired) electrons. The number of thioether (sulfide) groups is 1. The van der Waals surface area contributed by atoms with Crippen LogP contribution in [0.15, 0.2) is 17.0 Å². The second kappa shape index (κ2) is 5.50. The van der Waals surface area contributed by atoms with Gasteiger partial charge >= 0.3 is 0 Å². The van der Waals surface area contributed by atoms with E-state index in [0.717, 1.165) is 12.1 Å². The topological polar surface area (TPSA) is 63.4 Å². The number of anilines is 1. The molecular weight excluding hydrogens is 306 g/mol. The van der Waals surface area contributed by atoms with Crippen LogP contribution in [0.1, 0.15) is 13.8 Å². The standard InChI is InChI=1S/C12H16F2N2O2S2/c1-7-5-16(6-8(2)19-7)20(17,18)11-4-9(15)3-10(13)12(11)14/h3-4,7-8H,5-6,15H2,1-2H3. The van der Waals surface area contributed by atoms with Crippen LogP contribution >= 0.6 is 11.8 Å². The number of nitrogen functional groups attached to an aromatic ring is 1. The van der Waals surface area contributed by atoms with Gasteiger partial charge in [-0.15, -0.1) is 0 Å². The molecule has 0 saturated carbocycles. The monoisotopic (exact) mass is 322 g/mol. The summed E-state index contributed by atoms with van der Waals surface area (Å²) >= 11 is 1.67. The molecule has 0 spiro atoms. The van der Waals surface area contributed by atoms with Crippen LogP contribution in [0.5, 0.6) is 0 Å². The fourth-order valence-corrected chi connectivity index (χ4v) is 5.48. The molecule has 2 atom stereocenters. The Kier molecular flexibility index (Phi) is 4.27. The maximum Gasteiger partial charge on any atom is 0.246 e. The zero-order chi connectivity index (χ0) is 15.1. The lowest BCUT2D eigenvalue weighted by atomic mass is 10.3. The maximum absolute atomic E-state index is 13.8. The average molecular weight is 322 g/mol. The van der Waals surface area contributed by atoms with E-state index in [1.807, 2.05) is 13.8 Å². The van der Waals surface area contributed by atoms with Crippen LogP contribution in [0.4, 0.5) is 14.5 Å². The lowest BCUT2D eigenvalue weighted by Crippen LogP contribution is -2.44. The Bertz CT molecular complexity index is 612. The van der Waals surface area contributed by atoms with Crippen LogP contribution in [0, 0.1) is 11.6 Å². The Morgan fingerprint density at radius 3 is 2.35 bits per heavy atom. The molecule has 1 fully saturated rings. The van der Waals surface area contributed by atoms with Crippen molar-refractivity contribution in [2.45, 2.75) is 29.2 Å². The number of hydrogen-bond acceptors (Lipinski definition) is 4. The predicted molar refractivity (Wildman–Crippen MR) is 76.0 cm³/mol. The smallest absolute Gasteiger partial charge is 0.246 e. The van der Waals surface area contributed by atoms with Crippen LogP contribution in [0.3, 0.4) is 0 Å². The van der Waals surface area contributed by atoms with Gasteiger partial charge in [0.15, 0.2) is 11.6 Å². The quantitative estimate of drug-likeness (QED) is 0.847. The number of nitrogens with two attached hydrogens (primary N) is 1. The first kappa shape index (κ1) is 15.5. The van der Waals surface area contributed by atoms with Gasteiger partial charge in [-0.1, -0.05) is 13.8 Å². The third kappa shape index (κ3) is 2.91. The molecule has 1 aliphatic rings. The molecule has 0 bridgehead atoms. The van der Waals surface area contributed by atoms with Crippen molar-refractivity contribution in [1.82, 2.24) is 4.31 Å². The Hall–Kier alpha value is -0.860. The van der Waals surface area contributed by atoms with Crippen molar-refractivity contribution in [3.8, 4) is 0 Å². The van der Waals surface area contributed by atoms with E-state index in [-0.39, 0.29) is 29.3 Å². The zero-order valence-corrected chi connectivity index (χ0v) is 12.8. The van der Waals surface area contributed by atoms with E-state index in [2.05, 4.69) is 0 Å². The summed E-state index contributed by atoms with van der Waals surface area (Å²) in [5.41, 5.74) is 5.30. The van der Waals surface area contributed by atoms with Crippen molar-refractivity contribution in [1.29, 1.82) is 0 Å². The highest BCUT2D eigenvalue weighted by molar-refractivity contribution is 8.00. The van der Waals surface area contributed by atoms with Crippen LogP contribution in [-0.2, 0) is 10.0 Å². The molecular formula is C12H16F2N2O2S2. The van der Waals surface area contributed by atoms with Gasteiger partial charge in [-0.2, -0.15) is 16.1 Å². The minimum absolute atomic E-state index is 0.0995. The van der Waals surface area contributed by atoms with Crippen LogP contribution < -0.4 is 5.73 Å². The SMILES string of the molecule is CC1CN(S(=O)(=O)c2cc(N)cc(F)c2F)CC(C)S1. The third-order valence-corrected chi connectivity index (χ3v) is 6.08. The Balaban J connectivity index is 2.45. The van der Waals surface area contributed by atoms with Crippen molar-refractivity contribution in [3.05, 3.63) is 23.8 Å². The minimum Gasteiger partial charge on any atom is -0.399 e. The maximum atomic E-state index is 13.8. The van der Waals surface area contributed by atoms with E-state index in [9.17, 15) is 17.2 Å². The lowest BCUT2D eigenvalue weighted by Gasteiger charge is -2.33. The summed E-state index contributed by atoms with van der Waals surface area (Å²) in [4.78, 5) is -0.693. The summed E-state index contributed by atoms with van der Waals surface area (Å²) in [5.74, 6) is -2.63. The molecule has 8 heteroatoms. The van der Waals surface area contributed by atoms with E-state index in [0.29, 0.717) is 0 Å². The van der Waals surface area contributed by atoms with Crippen molar-refractivity contribution in [3.63, 3.8) is 0 Å². The van der Waals surface area contributed by atoms with Crippen molar-refractivity contribution < 1.29 is 17.2 Å². The summed E-state index contributed by atoms with van der Waals surface area (Å²) in [6.07, 6.45) is 0. The normalized spacial score (nSPS) is 24.8. The molecule has 0 aliphatic carbocycles. The summed E-state index contributed by atoms with van der Waals surface area (Å²) in [6, 6.07) is 1.73. The number of hydrogen-bond donors (Lipinski definition) is 1. The molecule has 0 amide bonds. The summed E-state index contributed by atoms with van der Waals surface area (Å²) in [5, 5.41) is 0.199. The van der Waals surface area contributed by atoms with Crippen molar-refractivity contribution >= 4 is 27.5 Å². The fraction of sp³-hybridized carbons (Fsp3) is 0.500. The molecule has 2 N–H and O–H groups in total. The first-order valence-corrected chi connectivity index (χ1v) is 8.50. The molecule has 1 aliphatic heterocycles. The van der Waals surface area contributed by atoms with Gasteiger partial charge in [-0.05, 0) is 12.1 Å². The second-order valence-electron chi connectivity index (χ2n) is 4.89. The van der Waals surface area contributed by atoms with Crippen LogP contribution in [0.2, 0.25) is 0 Å². The number of halogens is 2. The summed E-state index contributed by atoms with van der Waals surface area (Å²) in [6.45, 7) is 4.35. The largest absolute Gasteiger partial charge is 0.399 e. The van der Waals surface area contributed by atoms with Gasteiger partial charge in [-0.3, -0.25) is 0 Å². The third-order valence-electron chi connectivity index (χ3n) is 3.02. The van der Waals surface area contributed by atoms with E-state index in [1.165, 1.54) is 4.31 Å². The second-order valence-corrected chi connectivity index (χ2v) is 8.68. The Labute approximate surface area is 121 Å². The molecule has 1 heterocycles. The molecule has 1 aromatic carbocycles. The van der Waals surface area contributed by atoms with Gasteiger partial charge in [-0.25, -0.2) is 17.2 Å².